The van der Waals surface area contributed by atoms with Crippen LogP contribution in [0.4, 0.5) is 0 Å². The molecule has 0 aromatic heterocycles. The highest BCUT2D eigenvalue weighted by atomic mass is 35.5. The van der Waals surface area contributed by atoms with Crippen molar-refractivity contribution in [3.8, 4) is 22.3 Å². The summed E-state index contributed by atoms with van der Waals surface area (Å²) in [5, 5.41) is 23.2. The van der Waals surface area contributed by atoms with Crippen molar-refractivity contribution in [1.29, 1.82) is 0 Å². The van der Waals surface area contributed by atoms with Gasteiger partial charge in [0.2, 0.25) is 0 Å². The van der Waals surface area contributed by atoms with Crippen LogP contribution >= 0.6 is 12.4 Å². The van der Waals surface area contributed by atoms with E-state index in [1.54, 1.807) is 6.07 Å². The fourth-order valence-electron chi connectivity index (χ4n) is 3.90. The molecule has 0 aliphatic rings. The lowest BCUT2D eigenvalue weighted by Gasteiger charge is -2.12. The van der Waals surface area contributed by atoms with E-state index < -0.39 is 12.1 Å². The summed E-state index contributed by atoms with van der Waals surface area (Å²) in [5.41, 5.74) is 6.03. The SMILES string of the molecule is Cl.O=C(O)c1ccc(-c2ccc(CCNC[C@H](O)c3ccccc3)cc2)cc1-c1ccccc1. The first kappa shape index (κ1) is 25.2. The van der Waals surface area contributed by atoms with Crippen molar-refractivity contribution in [2.75, 3.05) is 13.1 Å². The maximum Gasteiger partial charge on any atom is 0.336 e. The first-order valence-electron chi connectivity index (χ1n) is 11.1. The Kier molecular flexibility index (Phi) is 9.00. The van der Waals surface area contributed by atoms with Gasteiger partial charge < -0.3 is 15.5 Å². The Morgan fingerprint density at radius 3 is 2.03 bits per heavy atom. The fourth-order valence-corrected chi connectivity index (χ4v) is 3.90. The van der Waals surface area contributed by atoms with Crippen molar-refractivity contribution < 1.29 is 15.0 Å². The molecule has 4 rings (SSSR count). The second-order valence-electron chi connectivity index (χ2n) is 8.01. The quantitative estimate of drug-likeness (QED) is 0.260. The van der Waals surface area contributed by atoms with Gasteiger partial charge in [-0.25, -0.2) is 4.79 Å². The van der Waals surface area contributed by atoms with Gasteiger partial charge in [0.25, 0.3) is 0 Å². The molecule has 0 fully saturated rings. The Labute approximate surface area is 206 Å². The molecule has 0 amide bonds. The van der Waals surface area contributed by atoms with Gasteiger partial charge in [0.1, 0.15) is 0 Å². The molecule has 0 aliphatic heterocycles. The fraction of sp³-hybridized carbons (Fsp3) is 0.138. The molecule has 0 bridgehead atoms. The third-order valence-electron chi connectivity index (χ3n) is 5.73. The zero-order chi connectivity index (χ0) is 23.0. The van der Waals surface area contributed by atoms with Gasteiger partial charge in [-0.2, -0.15) is 0 Å². The van der Waals surface area contributed by atoms with E-state index in [4.69, 9.17) is 0 Å². The molecular formula is C29H28ClNO3. The average molecular weight is 474 g/mol. The molecule has 0 saturated heterocycles. The molecule has 0 radical (unpaired) electrons. The molecule has 3 N–H and O–H groups in total. The van der Waals surface area contributed by atoms with Crippen LogP contribution in [0, 0.1) is 0 Å². The number of hydrogen-bond acceptors (Lipinski definition) is 3. The Morgan fingerprint density at radius 1 is 0.765 bits per heavy atom. The van der Waals surface area contributed by atoms with E-state index in [1.807, 2.05) is 72.8 Å². The second kappa shape index (κ2) is 12.1. The highest BCUT2D eigenvalue weighted by Gasteiger charge is 2.13. The molecule has 0 aliphatic carbocycles. The zero-order valence-corrected chi connectivity index (χ0v) is 19.5. The van der Waals surface area contributed by atoms with Gasteiger partial charge in [-0.15, -0.1) is 12.4 Å². The number of nitrogens with one attached hydrogen (secondary N) is 1. The van der Waals surface area contributed by atoms with Crippen LogP contribution in [0.1, 0.15) is 27.6 Å². The number of rotatable bonds is 9. The van der Waals surface area contributed by atoms with E-state index in [-0.39, 0.29) is 12.4 Å². The molecule has 0 saturated carbocycles. The summed E-state index contributed by atoms with van der Waals surface area (Å²) >= 11 is 0. The Bertz CT molecular complexity index is 1200. The summed E-state index contributed by atoms with van der Waals surface area (Å²) in [5.74, 6) is -0.930. The highest BCUT2D eigenvalue weighted by Crippen LogP contribution is 2.30. The molecule has 4 aromatic carbocycles. The number of halogens is 1. The zero-order valence-electron chi connectivity index (χ0n) is 18.7. The summed E-state index contributed by atoms with van der Waals surface area (Å²) in [7, 11) is 0. The van der Waals surface area contributed by atoms with Gasteiger partial charge in [0.15, 0.2) is 0 Å². The molecule has 4 aromatic rings. The summed E-state index contributed by atoms with van der Waals surface area (Å²) in [4.78, 5) is 11.7. The van der Waals surface area contributed by atoms with Crippen LogP contribution in [0.15, 0.2) is 103 Å². The van der Waals surface area contributed by atoms with Crippen LogP contribution in [0.3, 0.4) is 0 Å². The van der Waals surface area contributed by atoms with Crippen LogP contribution in [0.25, 0.3) is 22.3 Å². The van der Waals surface area contributed by atoms with Gasteiger partial charge in [-0.1, -0.05) is 91.0 Å². The third-order valence-corrected chi connectivity index (χ3v) is 5.73. The molecule has 0 unspecified atom stereocenters. The lowest BCUT2D eigenvalue weighted by Crippen LogP contribution is -2.23. The Balaban J connectivity index is 0.00000324. The lowest BCUT2D eigenvalue weighted by molar-refractivity contribution is 0.0697. The van der Waals surface area contributed by atoms with Crippen molar-refractivity contribution in [2.45, 2.75) is 12.5 Å². The Hall–Kier alpha value is -3.44. The van der Waals surface area contributed by atoms with Crippen molar-refractivity contribution in [1.82, 2.24) is 5.32 Å². The summed E-state index contributed by atoms with van der Waals surface area (Å²) < 4.78 is 0. The number of aliphatic hydroxyl groups excluding tert-OH is 1. The molecule has 5 heteroatoms. The van der Waals surface area contributed by atoms with E-state index in [1.165, 1.54) is 5.56 Å². The van der Waals surface area contributed by atoms with Crippen molar-refractivity contribution >= 4 is 18.4 Å². The van der Waals surface area contributed by atoms with Crippen molar-refractivity contribution in [3.05, 3.63) is 120 Å². The minimum absolute atomic E-state index is 0. The largest absolute Gasteiger partial charge is 0.478 e. The van der Waals surface area contributed by atoms with Gasteiger partial charge in [0, 0.05) is 6.54 Å². The lowest BCUT2D eigenvalue weighted by atomic mass is 9.94. The van der Waals surface area contributed by atoms with Gasteiger partial charge >= 0.3 is 5.97 Å². The predicted octanol–water partition coefficient (Wildman–Crippen LogP) is 6.01. The molecule has 1 atom stereocenters. The smallest absolute Gasteiger partial charge is 0.336 e. The number of carboxylic acid groups (broad SMARTS) is 1. The number of carboxylic acids is 1. The summed E-state index contributed by atoms with van der Waals surface area (Å²) in [6, 6.07) is 33.1. The maximum absolute atomic E-state index is 11.7. The minimum Gasteiger partial charge on any atom is -0.478 e. The minimum atomic E-state index is -0.930. The van der Waals surface area contributed by atoms with Crippen molar-refractivity contribution in [3.63, 3.8) is 0 Å². The van der Waals surface area contributed by atoms with Gasteiger partial charge in [-0.3, -0.25) is 0 Å². The van der Waals surface area contributed by atoms with Gasteiger partial charge in [0.05, 0.1) is 11.7 Å². The molecule has 0 spiro atoms. The van der Waals surface area contributed by atoms with Crippen LogP contribution in [0.5, 0.6) is 0 Å². The highest BCUT2D eigenvalue weighted by molar-refractivity contribution is 5.97. The molecule has 4 nitrogen and oxygen atoms in total. The summed E-state index contributed by atoms with van der Waals surface area (Å²) in [6.07, 6.45) is 0.343. The van der Waals surface area contributed by atoms with E-state index in [0.29, 0.717) is 17.7 Å². The monoisotopic (exact) mass is 473 g/mol. The van der Waals surface area contributed by atoms with Crippen LogP contribution in [-0.2, 0) is 6.42 Å². The first-order valence-corrected chi connectivity index (χ1v) is 11.1. The Morgan fingerprint density at radius 2 is 1.38 bits per heavy atom. The first-order chi connectivity index (χ1) is 16.1. The standard InChI is InChI=1S/C29H27NO3.ClH/c31-28(24-9-5-2-6-10-24)20-30-18-17-21-11-13-22(14-12-21)25-15-16-26(29(32)33)27(19-25)23-7-3-1-4-8-23;/h1-16,19,28,30-31H,17-18,20H2,(H,32,33);1H/t28-;/m0./s1. The van der Waals surface area contributed by atoms with Crippen LogP contribution in [0.2, 0.25) is 0 Å². The molecule has 0 heterocycles. The topological polar surface area (TPSA) is 69.6 Å². The molecule has 174 valence electrons. The summed E-state index contributed by atoms with van der Waals surface area (Å²) in [6.45, 7) is 1.29. The average Bonchev–Trinajstić information content (AvgIpc) is 2.87. The maximum atomic E-state index is 11.7. The van der Waals surface area contributed by atoms with Crippen LogP contribution in [-0.4, -0.2) is 29.3 Å². The van der Waals surface area contributed by atoms with E-state index >= 15 is 0 Å². The normalized spacial score (nSPS) is 11.4. The molecule has 34 heavy (non-hydrogen) atoms. The van der Waals surface area contributed by atoms with Crippen molar-refractivity contribution in [2.24, 2.45) is 0 Å². The van der Waals surface area contributed by atoms with Crippen LogP contribution < -0.4 is 5.32 Å². The van der Waals surface area contributed by atoms with Gasteiger partial charge in [-0.05, 0) is 58.5 Å². The predicted molar refractivity (Wildman–Crippen MR) is 139 cm³/mol. The van der Waals surface area contributed by atoms with E-state index in [9.17, 15) is 15.0 Å². The number of aliphatic hydroxyl groups is 1. The second-order valence-corrected chi connectivity index (χ2v) is 8.01. The number of carbonyl (C=O) groups is 1. The third kappa shape index (κ3) is 6.33. The number of benzene rings is 4. The van der Waals surface area contributed by atoms with E-state index in [2.05, 4.69) is 29.6 Å². The molecular weight excluding hydrogens is 446 g/mol. The number of aromatic carboxylic acids is 1. The van der Waals surface area contributed by atoms with E-state index in [0.717, 1.165) is 35.2 Å². The number of hydrogen-bond donors (Lipinski definition) is 3.